The molecule has 0 radical (unpaired) electrons. The smallest absolute Gasteiger partial charge is 0.264 e. The first kappa shape index (κ1) is 14.5. The van der Waals surface area contributed by atoms with E-state index in [0.29, 0.717) is 4.88 Å². The lowest BCUT2D eigenvalue weighted by Crippen LogP contribution is -2.35. The summed E-state index contributed by atoms with van der Waals surface area (Å²) in [5, 5.41) is 9.87. The number of likely N-dealkylation sites (tertiary alicyclic amines) is 1. The van der Waals surface area contributed by atoms with Crippen LogP contribution in [0.3, 0.4) is 0 Å². The highest BCUT2D eigenvalue weighted by atomic mass is 32.1. The van der Waals surface area contributed by atoms with E-state index in [1.165, 1.54) is 23.5 Å². The number of aliphatic hydroxyl groups excluding tert-OH is 1. The molecule has 1 aliphatic heterocycles. The van der Waals surface area contributed by atoms with E-state index in [1.807, 2.05) is 11.0 Å². The first-order valence-electron chi connectivity index (χ1n) is 7.30. The normalized spacial score (nSPS) is 18.6. The molecule has 0 bridgehead atoms. The number of rotatable bonds is 4. The van der Waals surface area contributed by atoms with E-state index in [-0.39, 0.29) is 24.4 Å². The van der Waals surface area contributed by atoms with Gasteiger partial charge in [-0.25, -0.2) is 4.39 Å². The zero-order valence-electron chi connectivity index (χ0n) is 11.7. The van der Waals surface area contributed by atoms with Crippen LogP contribution in [-0.2, 0) is 0 Å². The Kier molecular flexibility index (Phi) is 4.22. The van der Waals surface area contributed by atoms with Crippen LogP contribution in [0.25, 0.3) is 10.1 Å². The maximum absolute atomic E-state index is 13.2. The van der Waals surface area contributed by atoms with Gasteiger partial charge in [-0.05, 0) is 49.3 Å². The fourth-order valence-corrected chi connectivity index (χ4v) is 4.03. The minimum absolute atomic E-state index is 0.0389. The number of thiophene rings is 1. The van der Waals surface area contributed by atoms with E-state index in [9.17, 15) is 9.18 Å². The van der Waals surface area contributed by atoms with Gasteiger partial charge in [0.15, 0.2) is 0 Å². The third-order valence-electron chi connectivity index (χ3n) is 4.03. The van der Waals surface area contributed by atoms with Crippen molar-refractivity contribution in [3.8, 4) is 0 Å². The van der Waals surface area contributed by atoms with Gasteiger partial charge in [-0.2, -0.15) is 0 Å². The summed E-state index contributed by atoms with van der Waals surface area (Å²) in [4.78, 5) is 15.2. The van der Waals surface area contributed by atoms with Crippen LogP contribution in [0.2, 0.25) is 0 Å². The van der Waals surface area contributed by atoms with Crippen LogP contribution in [-0.4, -0.2) is 35.1 Å². The molecule has 3 nitrogen and oxygen atoms in total. The lowest BCUT2D eigenvalue weighted by atomic mass is 10.1. The maximum atomic E-state index is 13.2. The summed E-state index contributed by atoms with van der Waals surface area (Å²) in [6.45, 7) is 0.943. The molecule has 21 heavy (non-hydrogen) atoms. The summed E-state index contributed by atoms with van der Waals surface area (Å²) in [7, 11) is 0. The van der Waals surface area contributed by atoms with E-state index >= 15 is 0 Å². The van der Waals surface area contributed by atoms with Crippen LogP contribution in [0, 0.1) is 5.82 Å². The molecule has 1 aliphatic rings. The third kappa shape index (κ3) is 2.94. The first-order chi connectivity index (χ1) is 10.2. The highest BCUT2D eigenvalue weighted by Crippen LogP contribution is 2.30. The molecule has 1 fully saturated rings. The number of carbonyl (C=O) groups excluding carboxylic acids is 1. The Hall–Kier alpha value is -1.46. The summed E-state index contributed by atoms with van der Waals surface area (Å²) in [5.74, 6) is -0.234. The molecule has 3 rings (SSSR count). The first-order valence-corrected chi connectivity index (χ1v) is 8.11. The molecule has 1 N–H and O–H groups in total. The average Bonchev–Trinajstić information content (AvgIpc) is 3.10. The van der Waals surface area contributed by atoms with Crippen molar-refractivity contribution in [3.63, 3.8) is 0 Å². The van der Waals surface area contributed by atoms with E-state index < -0.39 is 0 Å². The molecule has 2 aromatic rings. The molecule has 0 saturated carbocycles. The second-order valence-corrected chi connectivity index (χ2v) is 6.54. The second-order valence-electron chi connectivity index (χ2n) is 5.45. The van der Waals surface area contributed by atoms with E-state index in [0.717, 1.165) is 42.3 Å². The van der Waals surface area contributed by atoms with Crippen LogP contribution in [0.5, 0.6) is 0 Å². The van der Waals surface area contributed by atoms with Crippen LogP contribution in [0.1, 0.15) is 35.4 Å². The van der Waals surface area contributed by atoms with Gasteiger partial charge in [-0.15, -0.1) is 11.3 Å². The number of fused-ring (bicyclic) bond motifs is 1. The molecule has 2 heterocycles. The Morgan fingerprint density at radius 2 is 2.29 bits per heavy atom. The van der Waals surface area contributed by atoms with Crippen molar-refractivity contribution in [2.24, 2.45) is 0 Å². The van der Waals surface area contributed by atoms with Crippen molar-refractivity contribution in [1.82, 2.24) is 4.90 Å². The molecule has 1 unspecified atom stereocenters. The minimum Gasteiger partial charge on any atom is -0.396 e. The number of halogens is 1. The van der Waals surface area contributed by atoms with Crippen molar-refractivity contribution in [2.45, 2.75) is 31.7 Å². The quantitative estimate of drug-likeness (QED) is 0.940. The van der Waals surface area contributed by atoms with Crippen LogP contribution in [0.15, 0.2) is 24.3 Å². The van der Waals surface area contributed by atoms with E-state index in [2.05, 4.69) is 0 Å². The predicted molar refractivity (Wildman–Crippen MR) is 82.2 cm³/mol. The highest BCUT2D eigenvalue weighted by molar-refractivity contribution is 7.20. The van der Waals surface area contributed by atoms with Gasteiger partial charge in [-0.1, -0.05) is 6.07 Å². The molecular weight excluding hydrogens is 289 g/mol. The number of hydrogen-bond acceptors (Lipinski definition) is 3. The fourth-order valence-electron chi connectivity index (χ4n) is 2.98. The molecule has 112 valence electrons. The van der Waals surface area contributed by atoms with E-state index in [4.69, 9.17) is 5.11 Å². The Morgan fingerprint density at radius 1 is 1.43 bits per heavy atom. The lowest BCUT2D eigenvalue weighted by Gasteiger charge is -2.23. The van der Waals surface area contributed by atoms with Gasteiger partial charge in [0, 0.05) is 23.9 Å². The highest BCUT2D eigenvalue weighted by Gasteiger charge is 2.29. The van der Waals surface area contributed by atoms with Gasteiger partial charge < -0.3 is 10.0 Å². The molecule has 1 aromatic heterocycles. The van der Waals surface area contributed by atoms with Crippen LogP contribution >= 0.6 is 11.3 Å². The molecule has 1 amide bonds. The van der Waals surface area contributed by atoms with Crippen molar-refractivity contribution < 1.29 is 14.3 Å². The van der Waals surface area contributed by atoms with Crippen molar-refractivity contribution in [2.75, 3.05) is 13.2 Å². The average molecular weight is 307 g/mol. The van der Waals surface area contributed by atoms with Crippen LogP contribution < -0.4 is 0 Å². The SMILES string of the molecule is O=C(c1cc2ccc(F)cc2s1)N1CCCC1CCCO. The standard InChI is InChI=1S/C16H18FNO2S/c17-12-6-5-11-9-15(21-14(11)10-12)16(20)18-7-1-3-13(18)4-2-8-19/h5-6,9-10,13,19H,1-4,7-8H2. The Balaban J connectivity index is 1.82. The second kappa shape index (κ2) is 6.12. The van der Waals surface area contributed by atoms with Gasteiger partial charge in [0.2, 0.25) is 0 Å². The molecule has 1 aromatic carbocycles. The Morgan fingerprint density at radius 3 is 3.10 bits per heavy atom. The van der Waals surface area contributed by atoms with E-state index in [1.54, 1.807) is 6.07 Å². The lowest BCUT2D eigenvalue weighted by molar-refractivity contribution is 0.0729. The zero-order chi connectivity index (χ0) is 14.8. The van der Waals surface area contributed by atoms with Crippen molar-refractivity contribution in [3.05, 3.63) is 35.0 Å². The monoisotopic (exact) mass is 307 g/mol. The molecule has 5 heteroatoms. The van der Waals surface area contributed by atoms with Gasteiger partial charge in [0.1, 0.15) is 5.82 Å². The minimum atomic E-state index is -0.273. The predicted octanol–water partition coefficient (Wildman–Crippen LogP) is 3.42. The molecule has 1 saturated heterocycles. The van der Waals surface area contributed by atoms with Gasteiger partial charge >= 0.3 is 0 Å². The summed E-state index contributed by atoms with van der Waals surface area (Å²) in [5.41, 5.74) is 0. The largest absolute Gasteiger partial charge is 0.396 e. The summed E-state index contributed by atoms with van der Waals surface area (Å²) < 4.78 is 14.0. The Bertz CT molecular complexity index is 655. The van der Waals surface area contributed by atoms with Gasteiger partial charge in [0.05, 0.1) is 4.88 Å². The molecule has 0 spiro atoms. The molecular formula is C16H18FNO2S. The van der Waals surface area contributed by atoms with Crippen LogP contribution in [0.4, 0.5) is 4.39 Å². The third-order valence-corrected chi connectivity index (χ3v) is 5.11. The van der Waals surface area contributed by atoms with Crippen molar-refractivity contribution in [1.29, 1.82) is 0 Å². The fraction of sp³-hybridized carbons (Fsp3) is 0.438. The zero-order valence-corrected chi connectivity index (χ0v) is 12.5. The van der Waals surface area contributed by atoms with Crippen molar-refractivity contribution >= 4 is 27.3 Å². The van der Waals surface area contributed by atoms with Gasteiger partial charge in [-0.3, -0.25) is 4.79 Å². The Labute approximate surface area is 127 Å². The van der Waals surface area contributed by atoms with Gasteiger partial charge in [0.25, 0.3) is 5.91 Å². The summed E-state index contributed by atoms with van der Waals surface area (Å²) in [6.07, 6.45) is 3.60. The number of carbonyl (C=O) groups is 1. The topological polar surface area (TPSA) is 40.5 Å². The molecule has 0 aliphatic carbocycles. The number of nitrogens with zero attached hydrogens (tertiary/aromatic N) is 1. The number of amides is 1. The molecule has 1 atom stereocenters. The number of benzene rings is 1. The summed E-state index contributed by atoms with van der Waals surface area (Å²) >= 11 is 1.35. The number of hydrogen-bond donors (Lipinski definition) is 1. The maximum Gasteiger partial charge on any atom is 0.264 e. The number of aliphatic hydroxyl groups is 1. The summed E-state index contributed by atoms with van der Waals surface area (Å²) in [6, 6.07) is 6.69.